The lowest BCUT2D eigenvalue weighted by atomic mass is 10.00. The van der Waals surface area contributed by atoms with E-state index in [-0.39, 0.29) is 37.0 Å². The van der Waals surface area contributed by atoms with Crippen LogP contribution in [-0.4, -0.2) is 64.9 Å². The highest BCUT2D eigenvalue weighted by Crippen LogP contribution is 2.22. The number of ether oxygens (including phenoxy) is 5. The SMILES string of the molecule is COC1COC(COC(C)=O)C(OC)C1OC. The van der Waals surface area contributed by atoms with Gasteiger partial charge < -0.3 is 23.7 Å². The first kappa shape index (κ1) is 14.4. The van der Waals surface area contributed by atoms with Crippen molar-refractivity contribution in [1.82, 2.24) is 0 Å². The Morgan fingerprint density at radius 2 is 1.82 bits per heavy atom. The van der Waals surface area contributed by atoms with E-state index in [1.807, 2.05) is 0 Å². The molecule has 0 saturated carbocycles. The second kappa shape index (κ2) is 6.90. The summed E-state index contributed by atoms with van der Waals surface area (Å²) in [6, 6.07) is 0. The van der Waals surface area contributed by atoms with Gasteiger partial charge in [0, 0.05) is 28.3 Å². The number of hydrogen-bond donors (Lipinski definition) is 0. The Morgan fingerprint density at radius 1 is 1.18 bits per heavy atom. The summed E-state index contributed by atoms with van der Waals surface area (Å²) in [5.41, 5.74) is 0. The van der Waals surface area contributed by atoms with Crippen LogP contribution in [0.15, 0.2) is 0 Å². The third-order valence-electron chi connectivity index (χ3n) is 2.83. The van der Waals surface area contributed by atoms with Gasteiger partial charge in [0.05, 0.1) is 6.61 Å². The van der Waals surface area contributed by atoms with Crippen molar-refractivity contribution in [2.75, 3.05) is 34.5 Å². The van der Waals surface area contributed by atoms with E-state index in [2.05, 4.69) is 0 Å². The molecule has 6 heteroatoms. The summed E-state index contributed by atoms with van der Waals surface area (Å²) in [5.74, 6) is -0.341. The zero-order valence-corrected chi connectivity index (χ0v) is 10.7. The zero-order chi connectivity index (χ0) is 12.8. The number of methoxy groups -OCH3 is 3. The summed E-state index contributed by atoms with van der Waals surface area (Å²) in [6.45, 7) is 1.90. The van der Waals surface area contributed by atoms with Gasteiger partial charge in [-0.15, -0.1) is 0 Å². The van der Waals surface area contributed by atoms with Crippen molar-refractivity contribution in [1.29, 1.82) is 0 Å². The quantitative estimate of drug-likeness (QED) is 0.638. The van der Waals surface area contributed by atoms with Crippen LogP contribution in [-0.2, 0) is 28.5 Å². The van der Waals surface area contributed by atoms with Crippen molar-refractivity contribution in [3.8, 4) is 0 Å². The van der Waals surface area contributed by atoms with Crippen molar-refractivity contribution < 1.29 is 28.5 Å². The Kier molecular flexibility index (Phi) is 5.84. The second-order valence-electron chi connectivity index (χ2n) is 3.85. The molecule has 0 radical (unpaired) electrons. The van der Waals surface area contributed by atoms with E-state index in [9.17, 15) is 4.79 Å². The molecule has 0 aromatic carbocycles. The van der Waals surface area contributed by atoms with E-state index < -0.39 is 0 Å². The predicted octanol–water partition coefficient (Wildman–Crippen LogP) is -0.00670. The Balaban J connectivity index is 2.63. The topological polar surface area (TPSA) is 63.2 Å². The number of rotatable bonds is 5. The summed E-state index contributed by atoms with van der Waals surface area (Å²) in [7, 11) is 4.76. The first-order chi connectivity index (χ1) is 8.13. The molecule has 0 amide bonds. The average molecular weight is 248 g/mol. The third kappa shape index (κ3) is 3.64. The monoisotopic (exact) mass is 248 g/mol. The molecule has 0 N–H and O–H groups in total. The molecule has 0 aromatic rings. The van der Waals surface area contributed by atoms with Gasteiger partial charge in [0.2, 0.25) is 0 Å². The van der Waals surface area contributed by atoms with Crippen LogP contribution < -0.4 is 0 Å². The van der Waals surface area contributed by atoms with Crippen LogP contribution in [0, 0.1) is 0 Å². The summed E-state index contributed by atoms with van der Waals surface area (Å²) >= 11 is 0. The molecule has 0 bridgehead atoms. The molecule has 1 aliphatic heterocycles. The van der Waals surface area contributed by atoms with Crippen molar-refractivity contribution in [2.24, 2.45) is 0 Å². The molecule has 6 nitrogen and oxygen atoms in total. The van der Waals surface area contributed by atoms with Gasteiger partial charge in [-0.1, -0.05) is 0 Å². The van der Waals surface area contributed by atoms with Gasteiger partial charge in [-0.3, -0.25) is 4.79 Å². The number of hydrogen-bond acceptors (Lipinski definition) is 6. The van der Waals surface area contributed by atoms with Crippen molar-refractivity contribution in [3.63, 3.8) is 0 Å². The Hall–Kier alpha value is -0.690. The van der Waals surface area contributed by atoms with Crippen LogP contribution in [0.2, 0.25) is 0 Å². The van der Waals surface area contributed by atoms with Crippen LogP contribution in [0.1, 0.15) is 6.92 Å². The summed E-state index contributed by atoms with van der Waals surface area (Å²) in [5, 5.41) is 0. The van der Waals surface area contributed by atoms with E-state index in [1.165, 1.54) is 6.92 Å². The largest absolute Gasteiger partial charge is 0.463 e. The van der Waals surface area contributed by atoms with E-state index in [0.29, 0.717) is 6.61 Å². The number of esters is 1. The van der Waals surface area contributed by atoms with Crippen molar-refractivity contribution in [2.45, 2.75) is 31.3 Å². The Labute approximate surface area is 101 Å². The first-order valence-corrected chi connectivity index (χ1v) is 5.47. The van der Waals surface area contributed by atoms with Gasteiger partial charge in [0.15, 0.2) is 0 Å². The molecule has 0 spiro atoms. The van der Waals surface area contributed by atoms with E-state index in [0.717, 1.165) is 0 Å². The normalized spacial score (nSPS) is 33.4. The minimum Gasteiger partial charge on any atom is -0.463 e. The van der Waals surface area contributed by atoms with Gasteiger partial charge in [-0.25, -0.2) is 0 Å². The lowest BCUT2D eigenvalue weighted by Gasteiger charge is -2.40. The van der Waals surface area contributed by atoms with Crippen LogP contribution in [0.4, 0.5) is 0 Å². The standard InChI is InChI=1S/C11H20O6/c1-7(12)16-6-9-11(15-4)10(14-3)8(13-2)5-17-9/h8-11H,5-6H2,1-4H3. The fourth-order valence-corrected chi connectivity index (χ4v) is 1.95. The zero-order valence-electron chi connectivity index (χ0n) is 10.7. The molecule has 1 heterocycles. The first-order valence-electron chi connectivity index (χ1n) is 5.47. The van der Waals surface area contributed by atoms with Gasteiger partial charge in [-0.05, 0) is 0 Å². The maximum Gasteiger partial charge on any atom is 0.302 e. The Bertz CT molecular complexity index is 244. The average Bonchev–Trinajstić information content (AvgIpc) is 2.34. The maximum absolute atomic E-state index is 10.8. The highest BCUT2D eigenvalue weighted by molar-refractivity contribution is 5.65. The van der Waals surface area contributed by atoms with Crippen LogP contribution in [0.3, 0.4) is 0 Å². The highest BCUT2D eigenvalue weighted by atomic mass is 16.6. The lowest BCUT2D eigenvalue weighted by molar-refractivity contribution is -0.221. The van der Waals surface area contributed by atoms with Crippen LogP contribution in [0.5, 0.6) is 0 Å². The van der Waals surface area contributed by atoms with Crippen LogP contribution in [0.25, 0.3) is 0 Å². The van der Waals surface area contributed by atoms with Crippen molar-refractivity contribution in [3.05, 3.63) is 0 Å². The highest BCUT2D eigenvalue weighted by Gasteiger charge is 2.41. The molecule has 1 rings (SSSR count). The minimum absolute atomic E-state index is 0.157. The molecule has 1 fully saturated rings. The van der Waals surface area contributed by atoms with Gasteiger partial charge in [-0.2, -0.15) is 0 Å². The molecular weight excluding hydrogens is 228 g/mol. The third-order valence-corrected chi connectivity index (χ3v) is 2.83. The molecule has 100 valence electrons. The van der Waals surface area contributed by atoms with E-state index in [1.54, 1.807) is 21.3 Å². The molecule has 0 aromatic heterocycles. The second-order valence-corrected chi connectivity index (χ2v) is 3.85. The predicted molar refractivity (Wildman–Crippen MR) is 58.8 cm³/mol. The lowest BCUT2D eigenvalue weighted by Crippen LogP contribution is -2.56. The van der Waals surface area contributed by atoms with E-state index >= 15 is 0 Å². The van der Waals surface area contributed by atoms with E-state index in [4.69, 9.17) is 23.7 Å². The fourth-order valence-electron chi connectivity index (χ4n) is 1.95. The molecule has 1 saturated heterocycles. The molecule has 0 aliphatic carbocycles. The molecular formula is C11H20O6. The fraction of sp³-hybridized carbons (Fsp3) is 0.909. The van der Waals surface area contributed by atoms with Gasteiger partial charge >= 0.3 is 5.97 Å². The van der Waals surface area contributed by atoms with Crippen molar-refractivity contribution >= 4 is 5.97 Å². The number of carbonyl (C=O) groups is 1. The summed E-state index contributed by atoms with van der Waals surface area (Å²) < 4.78 is 26.5. The summed E-state index contributed by atoms with van der Waals surface area (Å²) in [6.07, 6.45) is -1.07. The Morgan fingerprint density at radius 3 is 2.29 bits per heavy atom. The van der Waals surface area contributed by atoms with Gasteiger partial charge in [0.1, 0.15) is 31.0 Å². The maximum atomic E-state index is 10.8. The molecule has 4 unspecified atom stereocenters. The smallest absolute Gasteiger partial charge is 0.302 e. The molecule has 17 heavy (non-hydrogen) atoms. The minimum atomic E-state index is -0.341. The molecule has 4 atom stereocenters. The molecule has 1 aliphatic rings. The summed E-state index contributed by atoms with van der Waals surface area (Å²) in [4.78, 5) is 10.8. The van der Waals surface area contributed by atoms with Crippen LogP contribution >= 0.6 is 0 Å². The van der Waals surface area contributed by atoms with Gasteiger partial charge in [0.25, 0.3) is 0 Å². The number of carbonyl (C=O) groups excluding carboxylic acids is 1.